The monoisotopic (exact) mass is 152 g/mol. The van der Waals surface area contributed by atoms with Crippen molar-refractivity contribution in [1.82, 2.24) is 9.71 Å². The molecule has 0 aromatic carbocycles. The minimum atomic E-state index is -0.412. The molecule has 0 N–H and O–H groups in total. The maximum Gasteiger partial charge on any atom is 0.356 e. The van der Waals surface area contributed by atoms with Crippen LogP contribution in [0.15, 0.2) is 30.9 Å². The third-order valence-electron chi connectivity index (χ3n) is 0.978. The first-order chi connectivity index (χ1) is 5.33. The van der Waals surface area contributed by atoms with Crippen molar-refractivity contribution in [2.24, 2.45) is 0 Å². The average Bonchev–Trinajstić information content (AvgIpc) is 2.40. The highest BCUT2D eigenvalue weighted by molar-refractivity contribution is 5.81. The van der Waals surface area contributed by atoms with Gasteiger partial charge in [0.2, 0.25) is 0 Å². The molecule has 0 unspecified atom stereocenters. The van der Waals surface area contributed by atoms with Crippen molar-refractivity contribution < 1.29 is 9.63 Å². The van der Waals surface area contributed by atoms with Crippen molar-refractivity contribution in [1.29, 1.82) is 0 Å². The summed E-state index contributed by atoms with van der Waals surface area (Å²) in [4.78, 5) is 19.2. The van der Waals surface area contributed by atoms with Gasteiger partial charge in [0.1, 0.15) is 6.33 Å². The molecule has 11 heavy (non-hydrogen) atoms. The topological polar surface area (TPSA) is 44.1 Å². The molecule has 0 spiro atoms. The van der Waals surface area contributed by atoms with Crippen molar-refractivity contribution in [2.75, 3.05) is 0 Å². The van der Waals surface area contributed by atoms with E-state index in [4.69, 9.17) is 4.84 Å². The Balaban J connectivity index is 2.50. The Kier molecular flexibility index (Phi) is 2.43. The molecule has 1 heterocycles. The van der Waals surface area contributed by atoms with Gasteiger partial charge in [-0.3, -0.25) is 0 Å². The van der Waals surface area contributed by atoms with Crippen LogP contribution < -0.4 is 4.84 Å². The summed E-state index contributed by atoms with van der Waals surface area (Å²) in [5.41, 5.74) is 0. The van der Waals surface area contributed by atoms with Crippen LogP contribution in [-0.4, -0.2) is 15.7 Å². The van der Waals surface area contributed by atoms with Gasteiger partial charge in [0, 0.05) is 12.3 Å². The SMILES string of the molecule is CC=CC(=O)On1ccnc1. The number of imidazole rings is 1. The summed E-state index contributed by atoms with van der Waals surface area (Å²) in [6, 6.07) is 0. The lowest BCUT2D eigenvalue weighted by atomic mass is 10.5. The molecule has 58 valence electrons. The van der Waals surface area contributed by atoms with Crippen LogP contribution in [0.25, 0.3) is 0 Å². The van der Waals surface area contributed by atoms with E-state index in [0.29, 0.717) is 0 Å². The van der Waals surface area contributed by atoms with Gasteiger partial charge in [-0.1, -0.05) is 6.08 Å². The third kappa shape index (κ3) is 2.25. The molecule has 0 amide bonds. The molecule has 1 aromatic rings. The standard InChI is InChI=1S/C7H8N2O2/c1-2-3-7(10)11-9-5-4-8-6-9/h2-6H,1H3. The third-order valence-corrected chi connectivity index (χ3v) is 0.978. The van der Waals surface area contributed by atoms with Crippen molar-refractivity contribution >= 4 is 5.97 Å². The van der Waals surface area contributed by atoms with Crippen LogP contribution in [0.5, 0.6) is 0 Å². The minimum Gasteiger partial charge on any atom is -0.331 e. The lowest BCUT2D eigenvalue weighted by Gasteiger charge is -1.97. The van der Waals surface area contributed by atoms with E-state index in [-0.39, 0.29) is 0 Å². The summed E-state index contributed by atoms with van der Waals surface area (Å²) in [6.07, 6.45) is 7.42. The largest absolute Gasteiger partial charge is 0.356 e. The number of carbonyl (C=O) groups is 1. The zero-order valence-corrected chi connectivity index (χ0v) is 6.10. The van der Waals surface area contributed by atoms with Crippen molar-refractivity contribution in [3.05, 3.63) is 30.9 Å². The summed E-state index contributed by atoms with van der Waals surface area (Å²) in [6.45, 7) is 1.75. The zero-order chi connectivity index (χ0) is 8.10. The molecule has 0 radical (unpaired) electrons. The Bertz CT molecular complexity index is 251. The molecule has 0 fully saturated rings. The summed E-state index contributed by atoms with van der Waals surface area (Å²) >= 11 is 0. The fourth-order valence-corrected chi connectivity index (χ4v) is 0.571. The van der Waals surface area contributed by atoms with Crippen molar-refractivity contribution in [3.8, 4) is 0 Å². The highest BCUT2D eigenvalue weighted by atomic mass is 16.7. The van der Waals surface area contributed by atoms with Gasteiger partial charge in [-0.2, -0.15) is 4.73 Å². The summed E-state index contributed by atoms with van der Waals surface area (Å²) in [5, 5.41) is 0. The van der Waals surface area contributed by atoms with Gasteiger partial charge in [0.15, 0.2) is 0 Å². The van der Waals surface area contributed by atoms with E-state index in [1.807, 2.05) is 0 Å². The first-order valence-electron chi connectivity index (χ1n) is 3.16. The molecule has 0 aliphatic carbocycles. The number of allylic oxidation sites excluding steroid dienone is 1. The molecule has 1 rings (SSSR count). The normalized spacial score (nSPS) is 10.3. The molecule has 0 saturated heterocycles. The zero-order valence-electron chi connectivity index (χ0n) is 6.10. The van der Waals surface area contributed by atoms with E-state index in [1.165, 1.54) is 23.3 Å². The Labute approximate surface area is 64.1 Å². The summed E-state index contributed by atoms with van der Waals surface area (Å²) < 4.78 is 1.24. The van der Waals surface area contributed by atoms with Gasteiger partial charge in [0.25, 0.3) is 0 Å². The lowest BCUT2D eigenvalue weighted by molar-refractivity contribution is -0.138. The van der Waals surface area contributed by atoms with E-state index in [9.17, 15) is 4.79 Å². The molecule has 0 atom stereocenters. The smallest absolute Gasteiger partial charge is 0.331 e. The van der Waals surface area contributed by atoms with Crippen molar-refractivity contribution in [2.45, 2.75) is 6.92 Å². The fraction of sp³-hybridized carbons (Fsp3) is 0.143. The molecular formula is C7H8N2O2. The summed E-state index contributed by atoms with van der Waals surface area (Å²) in [7, 11) is 0. The molecular weight excluding hydrogens is 144 g/mol. The predicted octanol–water partition coefficient (Wildman–Crippen LogP) is 0.414. The van der Waals surface area contributed by atoms with Gasteiger partial charge in [-0.25, -0.2) is 9.78 Å². The van der Waals surface area contributed by atoms with Gasteiger partial charge < -0.3 is 4.84 Å². The first kappa shape index (κ1) is 7.53. The number of hydrogen-bond donors (Lipinski definition) is 0. The second kappa shape index (κ2) is 3.55. The van der Waals surface area contributed by atoms with Gasteiger partial charge in [0.05, 0.1) is 6.20 Å². The van der Waals surface area contributed by atoms with Crippen LogP contribution >= 0.6 is 0 Å². The van der Waals surface area contributed by atoms with E-state index < -0.39 is 5.97 Å². The predicted molar refractivity (Wildman–Crippen MR) is 38.6 cm³/mol. The second-order valence-corrected chi connectivity index (χ2v) is 1.83. The summed E-state index contributed by atoms with van der Waals surface area (Å²) in [5.74, 6) is -0.412. The van der Waals surface area contributed by atoms with Crippen molar-refractivity contribution in [3.63, 3.8) is 0 Å². The maximum absolute atomic E-state index is 10.8. The van der Waals surface area contributed by atoms with Crippen LogP contribution in [-0.2, 0) is 4.79 Å². The molecule has 4 heteroatoms. The van der Waals surface area contributed by atoms with Crippen LogP contribution in [0.4, 0.5) is 0 Å². The van der Waals surface area contributed by atoms with E-state index in [1.54, 1.807) is 19.2 Å². The quantitative estimate of drug-likeness (QED) is 0.576. The highest BCUT2D eigenvalue weighted by Gasteiger charge is 1.95. The number of nitrogens with zero attached hydrogens (tertiary/aromatic N) is 2. The molecule has 0 bridgehead atoms. The van der Waals surface area contributed by atoms with E-state index in [2.05, 4.69) is 4.98 Å². The number of hydrogen-bond acceptors (Lipinski definition) is 3. The Morgan fingerprint density at radius 1 is 1.73 bits per heavy atom. The van der Waals surface area contributed by atoms with E-state index in [0.717, 1.165) is 0 Å². The molecule has 0 aliphatic rings. The van der Waals surface area contributed by atoms with E-state index >= 15 is 0 Å². The number of carbonyl (C=O) groups excluding carboxylic acids is 1. The van der Waals surface area contributed by atoms with Crippen LogP contribution in [0, 0.1) is 0 Å². The second-order valence-electron chi connectivity index (χ2n) is 1.83. The number of aromatic nitrogens is 2. The van der Waals surface area contributed by atoms with Gasteiger partial charge in [-0.05, 0) is 6.92 Å². The van der Waals surface area contributed by atoms with Crippen LogP contribution in [0.1, 0.15) is 6.92 Å². The van der Waals surface area contributed by atoms with Gasteiger partial charge >= 0.3 is 5.97 Å². The Morgan fingerprint density at radius 2 is 2.55 bits per heavy atom. The minimum absolute atomic E-state index is 0.412. The molecule has 1 aromatic heterocycles. The fourth-order valence-electron chi connectivity index (χ4n) is 0.571. The molecule has 0 aliphatic heterocycles. The molecule has 0 saturated carbocycles. The van der Waals surface area contributed by atoms with Gasteiger partial charge in [-0.15, -0.1) is 0 Å². The average molecular weight is 152 g/mol. The molecule has 4 nitrogen and oxygen atoms in total. The van der Waals surface area contributed by atoms with Crippen LogP contribution in [0.3, 0.4) is 0 Å². The first-order valence-corrected chi connectivity index (χ1v) is 3.16. The number of rotatable bonds is 2. The lowest BCUT2D eigenvalue weighted by Crippen LogP contribution is -2.15. The Hall–Kier alpha value is -1.58. The maximum atomic E-state index is 10.8. The van der Waals surface area contributed by atoms with Crippen LogP contribution in [0.2, 0.25) is 0 Å². The highest BCUT2D eigenvalue weighted by Crippen LogP contribution is 1.82. The Morgan fingerprint density at radius 3 is 3.09 bits per heavy atom.